The van der Waals surface area contributed by atoms with Crippen molar-refractivity contribution in [1.29, 1.82) is 0 Å². The molecule has 17 heavy (non-hydrogen) atoms. The molecule has 90 valence electrons. The molecule has 0 aliphatic rings. The molecule has 5 heteroatoms. The summed E-state index contributed by atoms with van der Waals surface area (Å²) in [6.45, 7) is 2.52. The molecule has 3 nitrogen and oxygen atoms in total. The fraction of sp³-hybridized carbons (Fsp3) is 0.250. The third kappa shape index (κ3) is 2.73. The van der Waals surface area contributed by atoms with Crippen molar-refractivity contribution in [3.63, 3.8) is 0 Å². The first kappa shape index (κ1) is 12.3. The van der Waals surface area contributed by atoms with Gasteiger partial charge in [0.15, 0.2) is 0 Å². The summed E-state index contributed by atoms with van der Waals surface area (Å²) in [6.07, 6.45) is 0. The molecule has 0 unspecified atom stereocenters. The van der Waals surface area contributed by atoms with Crippen molar-refractivity contribution in [3.05, 3.63) is 45.7 Å². The predicted octanol–water partition coefficient (Wildman–Crippen LogP) is 3.65. The molecule has 0 fully saturated rings. The highest BCUT2D eigenvalue weighted by Crippen LogP contribution is 2.21. The average molecular weight is 270 g/mol. The van der Waals surface area contributed by atoms with Crippen molar-refractivity contribution >= 4 is 28.9 Å². The predicted molar refractivity (Wildman–Crippen MR) is 71.7 cm³/mol. The van der Waals surface area contributed by atoms with Gasteiger partial charge >= 0.3 is 0 Å². The molecule has 1 N–H and O–H groups in total. The van der Waals surface area contributed by atoms with Gasteiger partial charge in [0.1, 0.15) is 0 Å². The summed E-state index contributed by atoms with van der Waals surface area (Å²) in [4.78, 5) is 0. The number of hydrogen-bond donors (Lipinski definition) is 1. The second-order valence-corrected chi connectivity index (χ2v) is 4.65. The van der Waals surface area contributed by atoms with Gasteiger partial charge in [0.2, 0.25) is 0 Å². The molecule has 0 aliphatic carbocycles. The molecule has 0 saturated carbocycles. The van der Waals surface area contributed by atoms with Crippen LogP contribution in [0.1, 0.15) is 11.4 Å². The van der Waals surface area contributed by atoms with Gasteiger partial charge < -0.3 is 5.32 Å². The molecular formula is C12H13Cl2N3. The highest BCUT2D eigenvalue weighted by atomic mass is 35.5. The van der Waals surface area contributed by atoms with Gasteiger partial charge in [-0.15, -0.1) is 0 Å². The normalized spacial score (nSPS) is 10.6. The number of benzene rings is 1. The lowest BCUT2D eigenvalue weighted by Gasteiger charge is -2.07. The van der Waals surface area contributed by atoms with Crippen molar-refractivity contribution in [2.75, 3.05) is 5.32 Å². The van der Waals surface area contributed by atoms with Crippen molar-refractivity contribution in [3.8, 4) is 0 Å². The Hall–Kier alpha value is -1.19. The van der Waals surface area contributed by atoms with Crippen LogP contribution < -0.4 is 5.32 Å². The SMILES string of the molecule is Cc1nn(C)c(CNc2cccc(Cl)c2)c1Cl. The van der Waals surface area contributed by atoms with Crippen LogP contribution in [-0.2, 0) is 13.6 Å². The molecule has 1 heterocycles. The van der Waals surface area contributed by atoms with Gasteiger partial charge in [-0.1, -0.05) is 29.3 Å². The Labute approximate surface area is 110 Å². The van der Waals surface area contributed by atoms with Crippen molar-refractivity contribution in [2.24, 2.45) is 7.05 Å². The van der Waals surface area contributed by atoms with E-state index in [1.54, 1.807) is 4.68 Å². The second-order valence-electron chi connectivity index (χ2n) is 3.83. The van der Waals surface area contributed by atoms with Gasteiger partial charge in [-0.3, -0.25) is 4.68 Å². The van der Waals surface area contributed by atoms with Gasteiger partial charge in [-0.2, -0.15) is 5.10 Å². The maximum Gasteiger partial charge on any atom is 0.0865 e. The number of aryl methyl sites for hydroxylation is 2. The monoisotopic (exact) mass is 269 g/mol. The Bertz CT molecular complexity index is 535. The van der Waals surface area contributed by atoms with Crippen molar-refractivity contribution < 1.29 is 0 Å². The molecule has 0 spiro atoms. The lowest BCUT2D eigenvalue weighted by molar-refractivity contribution is 0.713. The standard InChI is InChI=1S/C12H13Cl2N3/c1-8-12(14)11(17(2)16-8)7-15-10-5-3-4-9(13)6-10/h3-6,15H,7H2,1-2H3. The second kappa shape index (κ2) is 4.98. The zero-order valence-electron chi connectivity index (χ0n) is 9.67. The smallest absolute Gasteiger partial charge is 0.0865 e. The highest BCUT2D eigenvalue weighted by molar-refractivity contribution is 6.32. The van der Waals surface area contributed by atoms with E-state index in [0.29, 0.717) is 16.6 Å². The van der Waals surface area contributed by atoms with Crippen LogP contribution in [-0.4, -0.2) is 9.78 Å². The topological polar surface area (TPSA) is 29.9 Å². The molecule has 2 rings (SSSR count). The van der Waals surface area contributed by atoms with Crippen LogP contribution in [0.5, 0.6) is 0 Å². The first-order chi connectivity index (χ1) is 8.08. The summed E-state index contributed by atoms with van der Waals surface area (Å²) in [5, 5.41) is 8.95. The Morgan fingerprint density at radius 1 is 1.35 bits per heavy atom. The fourth-order valence-corrected chi connectivity index (χ4v) is 2.07. The molecule has 1 aromatic carbocycles. The van der Waals surface area contributed by atoms with Crippen LogP contribution in [0.2, 0.25) is 10.0 Å². The van der Waals surface area contributed by atoms with Gasteiger partial charge in [0.25, 0.3) is 0 Å². The molecule has 2 aromatic rings. The summed E-state index contributed by atoms with van der Waals surface area (Å²) in [6, 6.07) is 7.58. The van der Waals surface area contributed by atoms with E-state index in [0.717, 1.165) is 17.1 Å². The number of anilines is 1. The first-order valence-corrected chi connectivity index (χ1v) is 6.01. The highest BCUT2D eigenvalue weighted by Gasteiger charge is 2.10. The van der Waals surface area contributed by atoms with Crippen LogP contribution >= 0.6 is 23.2 Å². The van der Waals surface area contributed by atoms with E-state index in [4.69, 9.17) is 23.2 Å². The van der Waals surface area contributed by atoms with E-state index >= 15 is 0 Å². The number of hydrogen-bond acceptors (Lipinski definition) is 2. The Morgan fingerprint density at radius 3 is 2.71 bits per heavy atom. The van der Waals surface area contributed by atoms with Crippen LogP contribution in [0.25, 0.3) is 0 Å². The molecule has 0 atom stereocenters. The number of halogens is 2. The zero-order valence-corrected chi connectivity index (χ0v) is 11.2. The third-order valence-electron chi connectivity index (χ3n) is 2.55. The molecular weight excluding hydrogens is 257 g/mol. The van der Waals surface area contributed by atoms with Gasteiger partial charge in [-0.05, 0) is 25.1 Å². The third-order valence-corrected chi connectivity index (χ3v) is 3.27. The maximum absolute atomic E-state index is 6.16. The van der Waals surface area contributed by atoms with E-state index < -0.39 is 0 Å². The molecule has 0 amide bonds. The maximum atomic E-state index is 6.16. The van der Waals surface area contributed by atoms with Crippen LogP contribution in [0.15, 0.2) is 24.3 Å². The van der Waals surface area contributed by atoms with Crippen LogP contribution in [0, 0.1) is 6.92 Å². The largest absolute Gasteiger partial charge is 0.379 e. The van der Waals surface area contributed by atoms with Crippen LogP contribution in [0.4, 0.5) is 5.69 Å². The average Bonchev–Trinajstić information content (AvgIpc) is 2.51. The van der Waals surface area contributed by atoms with E-state index in [1.165, 1.54) is 0 Å². The number of nitrogens with zero attached hydrogens (tertiary/aromatic N) is 2. The van der Waals surface area contributed by atoms with Gasteiger partial charge in [-0.25, -0.2) is 0 Å². The minimum absolute atomic E-state index is 0.622. The van der Waals surface area contributed by atoms with Crippen molar-refractivity contribution in [2.45, 2.75) is 13.5 Å². The van der Waals surface area contributed by atoms with E-state index in [-0.39, 0.29) is 0 Å². The Morgan fingerprint density at radius 2 is 2.12 bits per heavy atom. The van der Waals surface area contributed by atoms with Gasteiger partial charge in [0, 0.05) is 17.8 Å². The number of nitrogens with one attached hydrogen (secondary N) is 1. The molecule has 1 aromatic heterocycles. The number of rotatable bonds is 3. The fourth-order valence-electron chi connectivity index (χ4n) is 1.66. The molecule has 0 aliphatic heterocycles. The van der Waals surface area contributed by atoms with Gasteiger partial charge in [0.05, 0.1) is 23.0 Å². The summed E-state index contributed by atoms with van der Waals surface area (Å²) in [5.41, 5.74) is 2.77. The van der Waals surface area contributed by atoms with E-state index in [1.807, 2.05) is 38.2 Å². The lowest BCUT2D eigenvalue weighted by Crippen LogP contribution is -2.05. The summed E-state index contributed by atoms with van der Waals surface area (Å²) >= 11 is 12.1. The van der Waals surface area contributed by atoms with E-state index in [9.17, 15) is 0 Å². The molecule has 0 bridgehead atoms. The summed E-state index contributed by atoms with van der Waals surface area (Å²) in [7, 11) is 1.88. The quantitative estimate of drug-likeness (QED) is 0.922. The Balaban J connectivity index is 2.12. The Kier molecular flexibility index (Phi) is 3.60. The summed E-state index contributed by atoms with van der Waals surface area (Å²) in [5.74, 6) is 0. The van der Waals surface area contributed by atoms with Crippen LogP contribution in [0.3, 0.4) is 0 Å². The number of aromatic nitrogens is 2. The minimum atomic E-state index is 0.622. The molecule has 0 saturated heterocycles. The molecule has 0 radical (unpaired) electrons. The van der Waals surface area contributed by atoms with Crippen molar-refractivity contribution in [1.82, 2.24) is 9.78 Å². The minimum Gasteiger partial charge on any atom is -0.379 e. The lowest BCUT2D eigenvalue weighted by atomic mass is 10.3. The zero-order chi connectivity index (χ0) is 12.4. The van der Waals surface area contributed by atoms with E-state index in [2.05, 4.69) is 10.4 Å². The summed E-state index contributed by atoms with van der Waals surface area (Å²) < 4.78 is 1.79. The first-order valence-electron chi connectivity index (χ1n) is 5.25.